The Bertz CT molecular complexity index is 473. The quantitative estimate of drug-likeness (QED) is 0.358. The maximum atomic E-state index is 11.5. The lowest BCUT2D eigenvalue weighted by molar-refractivity contribution is -0.115. The van der Waals surface area contributed by atoms with E-state index >= 15 is 0 Å². The van der Waals surface area contributed by atoms with Gasteiger partial charge in [-0.3, -0.25) is 21.0 Å². The smallest absolute Gasteiger partial charge is 0.250 e. The molecule has 0 fully saturated rings. The highest BCUT2D eigenvalue weighted by molar-refractivity contribution is 7.80. The zero-order chi connectivity index (χ0) is 13.4. The third-order valence-electron chi connectivity index (χ3n) is 1.76. The molecule has 0 atom stereocenters. The number of thiocarbonyl (C=S) groups is 2. The standard InChI is InChI=1S/C11H12N4OS2/c12-10(17)14-15-11(18)13-9(16)7-6-8-4-2-1-3-5-8/h1-7H,(H3,12,14,17)(H2,13,15,16,18). The van der Waals surface area contributed by atoms with E-state index in [2.05, 4.69) is 28.4 Å². The summed E-state index contributed by atoms with van der Waals surface area (Å²) >= 11 is 9.39. The van der Waals surface area contributed by atoms with E-state index in [0.29, 0.717) is 0 Å². The largest absolute Gasteiger partial charge is 0.375 e. The average Bonchev–Trinajstić information content (AvgIpc) is 2.35. The van der Waals surface area contributed by atoms with Gasteiger partial charge in [0.2, 0.25) is 5.91 Å². The van der Waals surface area contributed by atoms with Crippen LogP contribution in [0.15, 0.2) is 36.4 Å². The Morgan fingerprint density at radius 1 is 1.17 bits per heavy atom. The van der Waals surface area contributed by atoms with Crippen molar-refractivity contribution in [3.05, 3.63) is 42.0 Å². The average molecular weight is 280 g/mol. The molecule has 5 nitrogen and oxygen atoms in total. The van der Waals surface area contributed by atoms with Crippen molar-refractivity contribution in [3.63, 3.8) is 0 Å². The fourth-order valence-electron chi connectivity index (χ4n) is 1.04. The molecule has 1 aromatic carbocycles. The topological polar surface area (TPSA) is 79.2 Å². The Labute approximate surface area is 115 Å². The van der Waals surface area contributed by atoms with E-state index in [4.69, 9.17) is 18.0 Å². The maximum Gasteiger partial charge on any atom is 0.250 e. The highest BCUT2D eigenvalue weighted by atomic mass is 32.1. The number of amides is 1. The lowest BCUT2D eigenvalue weighted by Gasteiger charge is -2.08. The van der Waals surface area contributed by atoms with Crippen molar-refractivity contribution in [2.24, 2.45) is 5.73 Å². The van der Waals surface area contributed by atoms with Crippen molar-refractivity contribution in [2.75, 3.05) is 0 Å². The van der Waals surface area contributed by atoms with Crippen molar-refractivity contribution < 1.29 is 4.79 Å². The van der Waals surface area contributed by atoms with Gasteiger partial charge < -0.3 is 5.73 Å². The van der Waals surface area contributed by atoms with Crippen molar-refractivity contribution in [3.8, 4) is 0 Å². The first-order chi connectivity index (χ1) is 8.58. The molecule has 1 amide bonds. The van der Waals surface area contributed by atoms with Gasteiger partial charge in [-0.2, -0.15) is 0 Å². The Morgan fingerprint density at radius 2 is 1.83 bits per heavy atom. The van der Waals surface area contributed by atoms with Gasteiger partial charge in [0.25, 0.3) is 0 Å². The van der Waals surface area contributed by atoms with Crippen LogP contribution >= 0.6 is 24.4 Å². The third-order valence-corrected chi connectivity index (χ3v) is 2.07. The molecule has 0 spiro atoms. The number of nitrogens with one attached hydrogen (secondary N) is 3. The van der Waals surface area contributed by atoms with Gasteiger partial charge in [-0.15, -0.1) is 0 Å². The number of benzene rings is 1. The number of hydrogen-bond donors (Lipinski definition) is 4. The van der Waals surface area contributed by atoms with E-state index in [-0.39, 0.29) is 16.1 Å². The molecule has 94 valence electrons. The number of rotatable bonds is 2. The van der Waals surface area contributed by atoms with Crippen molar-refractivity contribution in [2.45, 2.75) is 0 Å². The Kier molecular flexibility index (Phi) is 5.75. The molecular weight excluding hydrogens is 268 g/mol. The van der Waals surface area contributed by atoms with Crippen molar-refractivity contribution in [1.29, 1.82) is 0 Å². The van der Waals surface area contributed by atoms with E-state index < -0.39 is 0 Å². The minimum Gasteiger partial charge on any atom is -0.375 e. The van der Waals surface area contributed by atoms with Crippen LogP contribution in [0.1, 0.15) is 5.56 Å². The van der Waals surface area contributed by atoms with Crippen LogP contribution in [-0.2, 0) is 4.79 Å². The molecule has 5 N–H and O–H groups in total. The third kappa shape index (κ3) is 5.92. The van der Waals surface area contributed by atoms with Gasteiger partial charge in [-0.1, -0.05) is 30.3 Å². The molecule has 18 heavy (non-hydrogen) atoms. The van der Waals surface area contributed by atoms with E-state index in [1.807, 2.05) is 30.3 Å². The van der Waals surface area contributed by atoms with Gasteiger partial charge in [0.05, 0.1) is 0 Å². The molecule has 1 aromatic rings. The highest BCUT2D eigenvalue weighted by Gasteiger charge is 1.99. The van der Waals surface area contributed by atoms with Crippen LogP contribution in [0.4, 0.5) is 0 Å². The Hall–Kier alpha value is -1.99. The van der Waals surface area contributed by atoms with Gasteiger partial charge >= 0.3 is 0 Å². The summed E-state index contributed by atoms with van der Waals surface area (Å²) in [6.07, 6.45) is 3.06. The summed E-state index contributed by atoms with van der Waals surface area (Å²) in [5, 5.41) is 2.54. The SMILES string of the molecule is NC(=S)NNC(=S)NC(=O)C=Cc1ccccc1. The van der Waals surface area contributed by atoms with Crippen LogP contribution in [0.3, 0.4) is 0 Å². The van der Waals surface area contributed by atoms with E-state index in [0.717, 1.165) is 5.56 Å². The van der Waals surface area contributed by atoms with Gasteiger partial charge in [0, 0.05) is 6.08 Å². The summed E-state index contributed by atoms with van der Waals surface area (Å²) in [4.78, 5) is 11.5. The van der Waals surface area contributed by atoms with Gasteiger partial charge in [0.15, 0.2) is 10.2 Å². The maximum absolute atomic E-state index is 11.5. The second kappa shape index (κ2) is 7.36. The van der Waals surface area contributed by atoms with Gasteiger partial charge in [-0.25, -0.2) is 0 Å². The highest BCUT2D eigenvalue weighted by Crippen LogP contribution is 2.00. The molecule has 7 heteroatoms. The number of carbonyl (C=O) groups excluding carboxylic acids is 1. The van der Waals surface area contributed by atoms with Crippen LogP contribution in [0.25, 0.3) is 6.08 Å². The summed E-state index contributed by atoms with van der Waals surface area (Å²) < 4.78 is 0. The molecule has 0 aliphatic carbocycles. The normalized spacial score (nSPS) is 9.78. The molecule has 0 aliphatic heterocycles. The second-order valence-electron chi connectivity index (χ2n) is 3.18. The van der Waals surface area contributed by atoms with Crippen molar-refractivity contribution >= 4 is 46.6 Å². The first-order valence-corrected chi connectivity index (χ1v) is 5.79. The summed E-state index contributed by atoms with van der Waals surface area (Å²) in [7, 11) is 0. The second-order valence-corrected chi connectivity index (χ2v) is 4.02. The van der Waals surface area contributed by atoms with Crippen LogP contribution < -0.4 is 21.9 Å². The summed E-state index contributed by atoms with van der Waals surface area (Å²) in [6.45, 7) is 0. The van der Waals surface area contributed by atoms with Crippen LogP contribution in [0.2, 0.25) is 0 Å². The van der Waals surface area contributed by atoms with Gasteiger partial charge in [0.1, 0.15) is 0 Å². The molecule has 0 heterocycles. The lowest BCUT2D eigenvalue weighted by Crippen LogP contribution is -2.49. The predicted octanol–water partition coefficient (Wildman–Crippen LogP) is 0.439. The number of nitrogens with two attached hydrogens (primary N) is 1. The number of carbonyl (C=O) groups is 1. The predicted molar refractivity (Wildman–Crippen MR) is 79.3 cm³/mol. The minimum atomic E-state index is -0.346. The molecule has 0 aliphatic rings. The Morgan fingerprint density at radius 3 is 2.44 bits per heavy atom. The molecule has 1 rings (SSSR count). The summed E-state index contributed by atoms with van der Waals surface area (Å²) in [5.74, 6) is -0.346. The first-order valence-electron chi connectivity index (χ1n) is 4.97. The van der Waals surface area contributed by atoms with E-state index in [9.17, 15) is 4.79 Å². The summed E-state index contributed by atoms with van der Waals surface area (Å²) in [5.41, 5.74) is 11.0. The monoisotopic (exact) mass is 280 g/mol. The number of hydrogen-bond acceptors (Lipinski definition) is 3. The molecule has 0 saturated heterocycles. The first kappa shape index (κ1) is 14.1. The van der Waals surface area contributed by atoms with Crippen LogP contribution in [0, 0.1) is 0 Å². The molecule has 0 aromatic heterocycles. The Balaban J connectivity index is 2.40. The fraction of sp³-hybridized carbons (Fsp3) is 0. The zero-order valence-electron chi connectivity index (χ0n) is 9.34. The fourth-order valence-corrected chi connectivity index (χ4v) is 1.24. The minimum absolute atomic E-state index is 0.0337. The van der Waals surface area contributed by atoms with Crippen LogP contribution in [0.5, 0.6) is 0 Å². The van der Waals surface area contributed by atoms with E-state index in [1.165, 1.54) is 6.08 Å². The zero-order valence-corrected chi connectivity index (χ0v) is 11.0. The number of hydrazine groups is 1. The van der Waals surface area contributed by atoms with Crippen molar-refractivity contribution in [1.82, 2.24) is 16.2 Å². The molecule has 0 bridgehead atoms. The van der Waals surface area contributed by atoms with E-state index in [1.54, 1.807) is 6.08 Å². The molecule has 0 saturated carbocycles. The molecule has 0 radical (unpaired) electrons. The molecular formula is C11H12N4OS2. The van der Waals surface area contributed by atoms with Gasteiger partial charge in [-0.05, 0) is 36.1 Å². The van der Waals surface area contributed by atoms with Crippen LogP contribution in [-0.4, -0.2) is 16.1 Å². The lowest BCUT2D eigenvalue weighted by atomic mass is 10.2. The molecule has 0 unspecified atom stereocenters. The summed E-state index contributed by atoms with van der Waals surface area (Å²) in [6, 6.07) is 9.44.